The Labute approximate surface area is 91.1 Å². The average Bonchev–Trinajstić information content (AvgIpc) is 3.08. The molecule has 1 aromatic carbocycles. The predicted octanol–water partition coefficient (Wildman–Crippen LogP) is 1.60. The van der Waals surface area contributed by atoms with Gasteiger partial charge in [-0.15, -0.1) is 0 Å². The summed E-state index contributed by atoms with van der Waals surface area (Å²) in [4.78, 5) is 0. The first kappa shape index (κ1) is 10.7. The number of rotatable bonds is 5. The molecule has 1 saturated carbocycles. The van der Waals surface area contributed by atoms with Gasteiger partial charge in [0.1, 0.15) is 0 Å². The van der Waals surface area contributed by atoms with E-state index in [0.29, 0.717) is 5.41 Å². The van der Waals surface area contributed by atoms with Crippen LogP contribution in [-0.4, -0.2) is 18.3 Å². The zero-order valence-electron chi connectivity index (χ0n) is 9.08. The minimum absolute atomic E-state index is 0.272. The Morgan fingerprint density at radius 3 is 2.33 bits per heavy atom. The first-order valence-corrected chi connectivity index (χ1v) is 5.71. The molecular formula is C13H19NO. The van der Waals surface area contributed by atoms with Gasteiger partial charge in [-0.25, -0.2) is 0 Å². The molecule has 2 heteroatoms. The van der Waals surface area contributed by atoms with E-state index >= 15 is 0 Å². The topological polar surface area (TPSA) is 46.2 Å². The monoisotopic (exact) mass is 205 g/mol. The highest BCUT2D eigenvalue weighted by atomic mass is 16.2. The van der Waals surface area contributed by atoms with Gasteiger partial charge in [0.15, 0.2) is 0 Å². The second-order valence-electron chi connectivity index (χ2n) is 4.51. The van der Waals surface area contributed by atoms with E-state index in [4.69, 9.17) is 10.8 Å². The Morgan fingerprint density at radius 1 is 1.20 bits per heavy atom. The predicted molar refractivity (Wildman–Crippen MR) is 61.8 cm³/mol. The highest BCUT2D eigenvalue weighted by Crippen LogP contribution is 2.47. The number of aryl methyl sites for hydroxylation is 1. The number of benzene rings is 1. The maximum atomic E-state index is 8.74. The second kappa shape index (κ2) is 4.33. The van der Waals surface area contributed by atoms with Gasteiger partial charge in [0, 0.05) is 18.6 Å². The third-order valence-electron chi connectivity index (χ3n) is 3.43. The van der Waals surface area contributed by atoms with Crippen LogP contribution < -0.4 is 5.73 Å². The highest BCUT2D eigenvalue weighted by Gasteiger charge is 2.42. The van der Waals surface area contributed by atoms with E-state index in [1.165, 1.54) is 24.0 Å². The quantitative estimate of drug-likeness (QED) is 0.767. The summed E-state index contributed by atoms with van der Waals surface area (Å²) in [7, 11) is 0. The van der Waals surface area contributed by atoms with Crippen LogP contribution in [0.25, 0.3) is 0 Å². The number of nitrogens with two attached hydrogens (primary N) is 1. The summed E-state index contributed by atoms with van der Waals surface area (Å²) in [5, 5.41) is 8.74. The van der Waals surface area contributed by atoms with Gasteiger partial charge in [0.2, 0.25) is 0 Å². The van der Waals surface area contributed by atoms with Crippen LogP contribution in [0.1, 0.15) is 30.4 Å². The third kappa shape index (κ3) is 2.21. The molecule has 0 heterocycles. The molecule has 1 aliphatic carbocycles. The van der Waals surface area contributed by atoms with Crippen LogP contribution in [0.5, 0.6) is 0 Å². The standard InChI is InChI=1S/C13H19NO/c14-10-13(7-8-13)12-5-3-11(4-6-12)2-1-9-15/h3-6,15H,1-2,7-10,14H2. The third-order valence-corrected chi connectivity index (χ3v) is 3.43. The van der Waals surface area contributed by atoms with Gasteiger partial charge in [0.05, 0.1) is 0 Å². The van der Waals surface area contributed by atoms with Crippen LogP contribution in [0.2, 0.25) is 0 Å². The summed E-state index contributed by atoms with van der Waals surface area (Å²) in [6, 6.07) is 8.74. The Hall–Kier alpha value is -0.860. The molecule has 3 N–H and O–H groups in total. The number of hydrogen-bond donors (Lipinski definition) is 2. The van der Waals surface area contributed by atoms with Crippen molar-refractivity contribution in [3.8, 4) is 0 Å². The maximum absolute atomic E-state index is 8.74. The summed E-state index contributed by atoms with van der Waals surface area (Å²) in [6.45, 7) is 1.04. The lowest BCUT2D eigenvalue weighted by molar-refractivity contribution is 0.288. The molecule has 2 rings (SSSR count). The zero-order valence-corrected chi connectivity index (χ0v) is 9.08. The smallest absolute Gasteiger partial charge is 0.0434 e. The molecule has 1 aromatic rings. The fourth-order valence-corrected chi connectivity index (χ4v) is 2.07. The largest absolute Gasteiger partial charge is 0.396 e. The molecule has 0 bridgehead atoms. The second-order valence-corrected chi connectivity index (χ2v) is 4.51. The summed E-state index contributed by atoms with van der Waals surface area (Å²) >= 11 is 0. The van der Waals surface area contributed by atoms with Crippen molar-refractivity contribution in [2.45, 2.75) is 31.1 Å². The Bertz CT molecular complexity index is 314. The van der Waals surface area contributed by atoms with Crippen LogP contribution in [0, 0.1) is 0 Å². The van der Waals surface area contributed by atoms with E-state index < -0.39 is 0 Å². The van der Waals surface area contributed by atoms with Crippen LogP contribution in [-0.2, 0) is 11.8 Å². The van der Waals surface area contributed by atoms with Crippen molar-refractivity contribution >= 4 is 0 Å². The molecule has 0 amide bonds. The molecule has 0 atom stereocenters. The van der Waals surface area contributed by atoms with Crippen LogP contribution >= 0.6 is 0 Å². The maximum Gasteiger partial charge on any atom is 0.0434 e. The molecule has 0 radical (unpaired) electrons. The summed E-state index contributed by atoms with van der Waals surface area (Å²) in [5.41, 5.74) is 8.78. The molecule has 0 saturated heterocycles. The molecular weight excluding hydrogens is 186 g/mol. The minimum atomic E-state index is 0.272. The van der Waals surface area contributed by atoms with Crippen LogP contribution in [0.15, 0.2) is 24.3 Å². The van der Waals surface area contributed by atoms with Crippen molar-refractivity contribution in [2.75, 3.05) is 13.2 Å². The molecule has 0 aliphatic heterocycles. The Morgan fingerprint density at radius 2 is 1.87 bits per heavy atom. The van der Waals surface area contributed by atoms with E-state index in [0.717, 1.165) is 19.4 Å². The van der Waals surface area contributed by atoms with Gasteiger partial charge in [0.25, 0.3) is 0 Å². The van der Waals surface area contributed by atoms with Gasteiger partial charge in [-0.05, 0) is 36.8 Å². The van der Waals surface area contributed by atoms with E-state index in [9.17, 15) is 0 Å². The van der Waals surface area contributed by atoms with E-state index in [-0.39, 0.29) is 6.61 Å². The van der Waals surface area contributed by atoms with Gasteiger partial charge in [-0.2, -0.15) is 0 Å². The Kier molecular flexibility index (Phi) is 3.08. The van der Waals surface area contributed by atoms with Gasteiger partial charge in [-0.1, -0.05) is 24.3 Å². The molecule has 1 fully saturated rings. The molecule has 0 spiro atoms. The SMILES string of the molecule is NCC1(c2ccc(CCCO)cc2)CC1. The zero-order chi connectivity index (χ0) is 10.7. The summed E-state index contributed by atoms with van der Waals surface area (Å²) in [5.74, 6) is 0. The summed E-state index contributed by atoms with van der Waals surface area (Å²) in [6.07, 6.45) is 4.28. The molecule has 1 aliphatic rings. The number of aliphatic hydroxyl groups excluding tert-OH is 1. The van der Waals surface area contributed by atoms with Crippen molar-refractivity contribution in [3.63, 3.8) is 0 Å². The van der Waals surface area contributed by atoms with Crippen molar-refractivity contribution in [3.05, 3.63) is 35.4 Å². The lowest BCUT2D eigenvalue weighted by atomic mass is 9.94. The average molecular weight is 205 g/mol. The van der Waals surface area contributed by atoms with Crippen molar-refractivity contribution < 1.29 is 5.11 Å². The fraction of sp³-hybridized carbons (Fsp3) is 0.538. The lowest BCUT2D eigenvalue weighted by Crippen LogP contribution is -2.19. The van der Waals surface area contributed by atoms with Crippen LogP contribution in [0.3, 0.4) is 0 Å². The normalized spacial score (nSPS) is 17.7. The highest BCUT2D eigenvalue weighted by molar-refractivity contribution is 5.34. The van der Waals surface area contributed by atoms with Gasteiger partial charge < -0.3 is 10.8 Å². The Balaban J connectivity index is 2.04. The molecule has 0 aromatic heterocycles. The van der Waals surface area contributed by atoms with Gasteiger partial charge in [-0.3, -0.25) is 0 Å². The van der Waals surface area contributed by atoms with Crippen molar-refractivity contribution in [1.82, 2.24) is 0 Å². The molecule has 2 nitrogen and oxygen atoms in total. The molecule has 82 valence electrons. The first-order valence-electron chi connectivity index (χ1n) is 5.71. The van der Waals surface area contributed by atoms with E-state index in [1.807, 2.05) is 0 Å². The summed E-state index contributed by atoms with van der Waals surface area (Å²) < 4.78 is 0. The number of aliphatic hydroxyl groups is 1. The van der Waals surface area contributed by atoms with E-state index in [1.54, 1.807) is 0 Å². The van der Waals surface area contributed by atoms with Crippen LogP contribution in [0.4, 0.5) is 0 Å². The van der Waals surface area contributed by atoms with Gasteiger partial charge >= 0.3 is 0 Å². The molecule has 0 unspecified atom stereocenters. The fourth-order valence-electron chi connectivity index (χ4n) is 2.07. The lowest BCUT2D eigenvalue weighted by Gasteiger charge is -2.13. The number of hydrogen-bond acceptors (Lipinski definition) is 2. The minimum Gasteiger partial charge on any atom is -0.396 e. The molecule has 15 heavy (non-hydrogen) atoms. The van der Waals surface area contributed by atoms with E-state index in [2.05, 4.69) is 24.3 Å². The van der Waals surface area contributed by atoms with Crippen molar-refractivity contribution in [1.29, 1.82) is 0 Å². The first-order chi connectivity index (χ1) is 7.30. The van der Waals surface area contributed by atoms with Crippen molar-refractivity contribution in [2.24, 2.45) is 5.73 Å².